The number of benzene rings is 2. The van der Waals surface area contributed by atoms with Crippen LogP contribution in [0.4, 0.5) is 0 Å². The van der Waals surface area contributed by atoms with Gasteiger partial charge in [0.1, 0.15) is 0 Å². The van der Waals surface area contributed by atoms with E-state index >= 15 is 0 Å². The van der Waals surface area contributed by atoms with Crippen LogP contribution in [0.15, 0.2) is 71.5 Å². The first-order chi connectivity index (χ1) is 9.75. The minimum atomic E-state index is 0.0322. The van der Waals surface area contributed by atoms with E-state index in [9.17, 15) is 4.79 Å². The molecule has 1 heterocycles. The summed E-state index contributed by atoms with van der Waals surface area (Å²) in [6, 6.07) is 17.3. The molecule has 3 aromatic rings. The molecule has 20 heavy (non-hydrogen) atoms. The van der Waals surface area contributed by atoms with Gasteiger partial charge in [0.25, 0.3) is 0 Å². The molecule has 0 amide bonds. The largest absolute Gasteiger partial charge is 0.366 e. The van der Waals surface area contributed by atoms with Crippen molar-refractivity contribution in [2.24, 2.45) is 0 Å². The van der Waals surface area contributed by atoms with Crippen LogP contribution in [0.3, 0.4) is 0 Å². The van der Waals surface area contributed by atoms with Gasteiger partial charge < -0.3 is 4.98 Å². The molecule has 0 aliphatic rings. The molecular weight excluding hydrogens is 314 g/mol. The Morgan fingerprint density at radius 3 is 2.30 bits per heavy atom. The van der Waals surface area contributed by atoms with Gasteiger partial charge >= 0.3 is 0 Å². The summed E-state index contributed by atoms with van der Waals surface area (Å²) in [4.78, 5) is 15.6. The minimum Gasteiger partial charge on any atom is -0.366 e. The molecule has 98 valence electrons. The fourth-order valence-corrected chi connectivity index (χ4v) is 2.43. The van der Waals surface area contributed by atoms with Crippen LogP contribution >= 0.6 is 15.9 Å². The number of hydrogen-bond donors (Lipinski definition) is 1. The predicted molar refractivity (Wildman–Crippen MR) is 83.8 cm³/mol. The second kappa shape index (κ2) is 5.47. The molecule has 0 atom stereocenters. The van der Waals surface area contributed by atoms with Gasteiger partial charge in [0.05, 0.1) is 0 Å². The molecule has 0 aliphatic carbocycles. The molecule has 0 unspecified atom stereocenters. The van der Waals surface area contributed by atoms with E-state index in [1.165, 1.54) is 0 Å². The Kier molecular flexibility index (Phi) is 3.52. The predicted octanol–water partition coefficient (Wildman–Crippen LogP) is 4.68. The first kappa shape index (κ1) is 12.9. The fourth-order valence-electron chi connectivity index (χ4n) is 2.17. The molecule has 0 saturated carbocycles. The standard InChI is InChI=1S/C17H12BrNO/c18-14-8-6-12(7-9-14)15-10-19-11-16(15)17(20)13-4-2-1-3-5-13/h1-11,19H. The Bertz CT molecular complexity index is 729. The average Bonchev–Trinajstić information content (AvgIpc) is 2.97. The van der Waals surface area contributed by atoms with Gasteiger partial charge in [0.15, 0.2) is 5.78 Å². The van der Waals surface area contributed by atoms with Crippen LogP contribution in [0, 0.1) is 0 Å². The lowest BCUT2D eigenvalue weighted by molar-refractivity contribution is 0.103. The zero-order valence-corrected chi connectivity index (χ0v) is 12.2. The Balaban J connectivity index is 2.02. The smallest absolute Gasteiger partial charge is 0.195 e. The van der Waals surface area contributed by atoms with Gasteiger partial charge in [-0.25, -0.2) is 0 Å². The second-order valence-corrected chi connectivity index (χ2v) is 5.40. The third-order valence-corrected chi connectivity index (χ3v) is 3.71. The van der Waals surface area contributed by atoms with E-state index in [0.29, 0.717) is 11.1 Å². The van der Waals surface area contributed by atoms with E-state index in [1.807, 2.05) is 60.8 Å². The zero-order chi connectivity index (χ0) is 13.9. The SMILES string of the molecule is O=C(c1ccccc1)c1c[nH]cc1-c1ccc(Br)cc1. The Morgan fingerprint density at radius 1 is 0.900 bits per heavy atom. The number of aromatic nitrogens is 1. The van der Waals surface area contributed by atoms with E-state index < -0.39 is 0 Å². The van der Waals surface area contributed by atoms with Gasteiger partial charge in [-0.1, -0.05) is 58.4 Å². The van der Waals surface area contributed by atoms with Gasteiger partial charge in [-0.3, -0.25) is 4.79 Å². The molecule has 2 aromatic carbocycles. The minimum absolute atomic E-state index is 0.0322. The van der Waals surface area contributed by atoms with Gasteiger partial charge in [-0.2, -0.15) is 0 Å². The van der Waals surface area contributed by atoms with Crippen LogP contribution in [0.5, 0.6) is 0 Å². The Labute approximate surface area is 125 Å². The molecule has 0 saturated heterocycles. The summed E-state index contributed by atoms with van der Waals surface area (Å²) in [5, 5.41) is 0. The molecule has 3 rings (SSSR count). The number of carbonyl (C=O) groups excluding carboxylic acids is 1. The number of hydrogen-bond acceptors (Lipinski definition) is 1. The summed E-state index contributed by atoms with van der Waals surface area (Å²) in [5.41, 5.74) is 3.34. The van der Waals surface area contributed by atoms with Crippen molar-refractivity contribution in [3.8, 4) is 11.1 Å². The fraction of sp³-hybridized carbons (Fsp3) is 0. The molecule has 1 aromatic heterocycles. The summed E-state index contributed by atoms with van der Waals surface area (Å²) in [6.45, 7) is 0. The quantitative estimate of drug-likeness (QED) is 0.697. The van der Waals surface area contributed by atoms with Crippen LogP contribution in [0.2, 0.25) is 0 Å². The van der Waals surface area contributed by atoms with E-state index in [1.54, 1.807) is 6.20 Å². The van der Waals surface area contributed by atoms with Crippen LogP contribution in [-0.2, 0) is 0 Å². The number of ketones is 1. The maximum absolute atomic E-state index is 12.5. The number of nitrogens with one attached hydrogen (secondary N) is 1. The number of halogens is 1. The summed E-state index contributed by atoms with van der Waals surface area (Å²) < 4.78 is 1.02. The summed E-state index contributed by atoms with van der Waals surface area (Å²) in [6.07, 6.45) is 3.62. The van der Waals surface area contributed by atoms with Crippen molar-refractivity contribution < 1.29 is 4.79 Å². The van der Waals surface area contributed by atoms with Gasteiger partial charge in [0, 0.05) is 33.6 Å². The maximum atomic E-state index is 12.5. The molecule has 0 radical (unpaired) electrons. The van der Waals surface area contributed by atoms with E-state index in [4.69, 9.17) is 0 Å². The van der Waals surface area contributed by atoms with Crippen LogP contribution < -0.4 is 0 Å². The van der Waals surface area contributed by atoms with Crippen molar-refractivity contribution >= 4 is 21.7 Å². The van der Waals surface area contributed by atoms with Gasteiger partial charge in [0.2, 0.25) is 0 Å². The number of carbonyl (C=O) groups is 1. The molecule has 2 nitrogen and oxygen atoms in total. The van der Waals surface area contributed by atoms with E-state index in [0.717, 1.165) is 15.6 Å². The highest BCUT2D eigenvalue weighted by atomic mass is 79.9. The Morgan fingerprint density at radius 2 is 1.60 bits per heavy atom. The van der Waals surface area contributed by atoms with Gasteiger partial charge in [-0.15, -0.1) is 0 Å². The number of aromatic amines is 1. The number of H-pyrrole nitrogens is 1. The number of rotatable bonds is 3. The first-order valence-corrected chi connectivity index (χ1v) is 7.07. The van der Waals surface area contributed by atoms with Crippen molar-refractivity contribution in [2.45, 2.75) is 0 Å². The third-order valence-electron chi connectivity index (χ3n) is 3.18. The van der Waals surface area contributed by atoms with Crippen molar-refractivity contribution in [3.05, 3.63) is 82.6 Å². The first-order valence-electron chi connectivity index (χ1n) is 6.28. The van der Waals surface area contributed by atoms with Crippen LogP contribution in [0.1, 0.15) is 15.9 Å². The molecule has 0 fully saturated rings. The highest BCUT2D eigenvalue weighted by molar-refractivity contribution is 9.10. The summed E-state index contributed by atoms with van der Waals surface area (Å²) in [5.74, 6) is 0.0322. The molecule has 1 N–H and O–H groups in total. The molecule has 0 bridgehead atoms. The van der Waals surface area contributed by atoms with Crippen molar-refractivity contribution in [1.29, 1.82) is 0 Å². The summed E-state index contributed by atoms with van der Waals surface area (Å²) in [7, 11) is 0. The second-order valence-electron chi connectivity index (χ2n) is 4.48. The highest BCUT2D eigenvalue weighted by Crippen LogP contribution is 2.26. The highest BCUT2D eigenvalue weighted by Gasteiger charge is 2.15. The average molecular weight is 326 g/mol. The topological polar surface area (TPSA) is 32.9 Å². The van der Waals surface area contributed by atoms with E-state index in [-0.39, 0.29) is 5.78 Å². The van der Waals surface area contributed by atoms with Crippen LogP contribution in [-0.4, -0.2) is 10.8 Å². The lowest BCUT2D eigenvalue weighted by Crippen LogP contribution is -2.01. The zero-order valence-electron chi connectivity index (χ0n) is 10.6. The summed E-state index contributed by atoms with van der Waals surface area (Å²) >= 11 is 3.42. The molecule has 0 spiro atoms. The van der Waals surface area contributed by atoms with Crippen molar-refractivity contribution in [3.63, 3.8) is 0 Å². The maximum Gasteiger partial charge on any atom is 0.195 e. The molecule has 0 aliphatic heterocycles. The monoisotopic (exact) mass is 325 g/mol. The van der Waals surface area contributed by atoms with E-state index in [2.05, 4.69) is 20.9 Å². The molecular formula is C17H12BrNO. The third kappa shape index (κ3) is 2.45. The van der Waals surface area contributed by atoms with Crippen molar-refractivity contribution in [1.82, 2.24) is 4.98 Å². The molecule has 3 heteroatoms. The Hall–Kier alpha value is -2.13. The van der Waals surface area contributed by atoms with Gasteiger partial charge in [-0.05, 0) is 17.7 Å². The lowest BCUT2D eigenvalue weighted by atomic mass is 9.98. The van der Waals surface area contributed by atoms with Crippen LogP contribution in [0.25, 0.3) is 11.1 Å². The normalized spacial score (nSPS) is 10.4. The lowest BCUT2D eigenvalue weighted by Gasteiger charge is -2.04. The van der Waals surface area contributed by atoms with Crippen molar-refractivity contribution in [2.75, 3.05) is 0 Å².